The molecule has 0 spiro atoms. The highest BCUT2D eigenvalue weighted by Crippen LogP contribution is 2.47. The zero-order valence-corrected chi connectivity index (χ0v) is 14.1. The van der Waals surface area contributed by atoms with E-state index < -0.39 is 0 Å². The Labute approximate surface area is 148 Å². The van der Waals surface area contributed by atoms with Crippen LogP contribution in [-0.2, 0) is 11.2 Å². The molecule has 2 aliphatic rings. The summed E-state index contributed by atoms with van der Waals surface area (Å²) in [4.78, 5) is 15.5. The van der Waals surface area contributed by atoms with Crippen LogP contribution in [0.2, 0.25) is 0 Å². The molecular formula is C20H14N2O2S. The first-order valence-electron chi connectivity index (χ1n) is 8.21. The third-order valence-corrected chi connectivity index (χ3v) is 6.32. The van der Waals surface area contributed by atoms with Gasteiger partial charge in [-0.05, 0) is 41.1 Å². The number of rotatable bonds is 1. The van der Waals surface area contributed by atoms with Crippen molar-refractivity contribution in [3.05, 3.63) is 70.1 Å². The SMILES string of the molecule is N#Cc1ccc([C@@H]2c3sc4ccccc4c3C[C@H]3COC(=O)N32)cc1. The summed E-state index contributed by atoms with van der Waals surface area (Å²) < 4.78 is 6.60. The zero-order chi connectivity index (χ0) is 17.0. The van der Waals surface area contributed by atoms with Crippen molar-refractivity contribution in [2.75, 3.05) is 6.61 Å². The van der Waals surface area contributed by atoms with E-state index >= 15 is 0 Å². The predicted molar refractivity (Wildman–Crippen MR) is 95.5 cm³/mol. The van der Waals surface area contributed by atoms with Crippen LogP contribution in [0, 0.1) is 11.3 Å². The maximum absolute atomic E-state index is 12.4. The van der Waals surface area contributed by atoms with Crippen LogP contribution in [0.4, 0.5) is 4.79 Å². The minimum Gasteiger partial charge on any atom is -0.447 e. The monoisotopic (exact) mass is 346 g/mol. The predicted octanol–water partition coefficient (Wildman–Crippen LogP) is 4.24. The molecule has 122 valence electrons. The first kappa shape index (κ1) is 14.5. The van der Waals surface area contributed by atoms with Crippen molar-refractivity contribution in [3.63, 3.8) is 0 Å². The molecule has 1 aromatic heterocycles. The van der Waals surface area contributed by atoms with E-state index in [9.17, 15) is 4.79 Å². The number of nitrogens with zero attached hydrogens (tertiary/aromatic N) is 2. The van der Waals surface area contributed by atoms with Gasteiger partial charge in [-0.3, -0.25) is 4.90 Å². The lowest BCUT2D eigenvalue weighted by molar-refractivity contribution is 0.148. The normalized spacial score (nSPS) is 21.6. The second kappa shape index (κ2) is 5.33. The van der Waals surface area contributed by atoms with Crippen LogP contribution in [0.25, 0.3) is 10.1 Å². The van der Waals surface area contributed by atoms with Crippen LogP contribution in [0.1, 0.15) is 27.6 Å². The van der Waals surface area contributed by atoms with Gasteiger partial charge in [0.15, 0.2) is 0 Å². The van der Waals surface area contributed by atoms with Crippen LogP contribution < -0.4 is 0 Å². The molecule has 0 radical (unpaired) electrons. The molecule has 4 nitrogen and oxygen atoms in total. The Hall–Kier alpha value is -2.84. The van der Waals surface area contributed by atoms with E-state index in [0.717, 1.165) is 12.0 Å². The molecule has 1 fully saturated rings. The molecular weight excluding hydrogens is 332 g/mol. The van der Waals surface area contributed by atoms with Crippen molar-refractivity contribution in [2.24, 2.45) is 0 Å². The van der Waals surface area contributed by atoms with E-state index in [1.807, 2.05) is 29.2 Å². The molecule has 2 aromatic carbocycles. The quantitative estimate of drug-likeness (QED) is 0.662. The Balaban J connectivity index is 1.73. The minimum atomic E-state index is -0.248. The molecule has 0 N–H and O–H groups in total. The lowest BCUT2D eigenvalue weighted by Gasteiger charge is -2.35. The lowest BCUT2D eigenvalue weighted by Crippen LogP contribution is -2.42. The average Bonchev–Trinajstić information content (AvgIpc) is 3.21. The fourth-order valence-electron chi connectivity index (χ4n) is 3.91. The van der Waals surface area contributed by atoms with Gasteiger partial charge in [-0.2, -0.15) is 5.26 Å². The maximum atomic E-state index is 12.4. The summed E-state index contributed by atoms with van der Waals surface area (Å²) in [5, 5.41) is 10.3. The summed E-state index contributed by atoms with van der Waals surface area (Å²) in [5.41, 5.74) is 2.97. The first-order chi connectivity index (χ1) is 12.3. The second-order valence-corrected chi connectivity index (χ2v) is 7.50. The Kier molecular flexibility index (Phi) is 3.09. The standard InChI is InChI=1S/C20H14N2O2S/c21-10-12-5-7-13(8-6-12)18-19-16(9-14-11-24-20(23)22(14)18)15-3-1-2-4-17(15)25-19/h1-8,14,18H,9,11H2/t14-,18+/m0/s1. The number of cyclic esters (lactones) is 1. The smallest absolute Gasteiger partial charge is 0.411 e. The molecule has 0 bridgehead atoms. The summed E-state index contributed by atoms with van der Waals surface area (Å²) >= 11 is 1.75. The van der Waals surface area contributed by atoms with Gasteiger partial charge in [0.1, 0.15) is 6.61 Å². The van der Waals surface area contributed by atoms with Crippen LogP contribution in [0.15, 0.2) is 48.5 Å². The average molecular weight is 346 g/mol. The van der Waals surface area contributed by atoms with E-state index in [1.54, 1.807) is 11.3 Å². The molecule has 5 rings (SSSR count). The summed E-state index contributed by atoms with van der Waals surface area (Å²) in [6.45, 7) is 0.440. The maximum Gasteiger partial charge on any atom is 0.411 e. The number of amides is 1. The number of carbonyl (C=O) groups is 1. The van der Waals surface area contributed by atoms with Crippen LogP contribution in [0.5, 0.6) is 0 Å². The van der Waals surface area contributed by atoms with E-state index in [0.29, 0.717) is 12.2 Å². The van der Waals surface area contributed by atoms with Crippen molar-refractivity contribution in [1.29, 1.82) is 5.26 Å². The molecule has 5 heteroatoms. The Bertz CT molecular complexity index is 1030. The Morgan fingerprint density at radius 2 is 1.96 bits per heavy atom. The molecule has 3 aromatic rings. The van der Waals surface area contributed by atoms with Crippen LogP contribution >= 0.6 is 11.3 Å². The third kappa shape index (κ3) is 2.08. The van der Waals surface area contributed by atoms with Gasteiger partial charge in [-0.25, -0.2) is 4.79 Å². The largest absolute Gasteiger partial charge is 0.447 e. The molecule has 0 aliphatic carbocycles. The van der Waals surface area contributed by atoms with Crippen molar-refractivity contribution in [2.45, 2.75) is 18.5 Å². The molecule has 2 atom stereocenters. The molecule has 25 heavy (non-hydrogen) atoms. The number of carbonyl (C=O) groups excluding carboxylic acids is 1. The second-order valence-electron chi connectivity index (χ2n) is 6.42. The fourth-order valence-corrected chi connectivity index (χ4v) is 5.27. The number of fused-ring (bicyclic) bond motifs is 4. The van der Waals surface area contributed by atoms with Crippen molar-refractivity contribution < 1.29 is 9.53 Å². The van der Waals surface area contributed by atoms with Crippen molar-refractivity contribution in [3.8, 4) is 6.07 Å². The molecule has 3 heterocycles. The van der Waals surface area contributed by atoms with Gasteiger partial charge in [0, 0.05) is 9.58 Å². The highest BCUT2D eigenvalue weighted by atomic mass is 32.1. The summed E-state index contributed by atoms with van der Waals surface area (Å²) in [5.74, 6) is 0. The third-order valence-electron chi connectivity index (χ3n) is 5.05. The van der Waals surface area contributed by atoms with Gasteiger partial charge in [-0.1, -0.05) is 30.3 Å². The first-order valence-corrected chi connectivity index (χ1v) is 9.03. The number of benzene rings is 2. The van der Waals surface area contributed by atoms with Crippen molar-refractivity contribution in [1.82, 2.24) is 4.90 Å². The van der Waals surface area contributed by atoms with Crippen LogP contribution in [0.3, 0.4) is 0 Å². The lowest BCUT2D eigenvalue weighted by atomic mass is 9.90. The summed E-state index contributed by atoms with van der Waals surface area (Å²) in [7, 11) is 0. The molecule has 2 aliphatic heterocycles. The summed E-state index contributed by atoms with van der Waals surface area (Å²) in [6, 6.07) is 18.0. The van der Waals surface area contributed by atoms with Gasteiger partial charge >= 0.3 is 6.09 Å². The fraction of sp³-hybridized carbons (Fsp3) is 0.200. The van der Waals surface area contributed by atoms with E-state index in [-0.39, 0.29) is 18.2 Å². The molecule has 0 saturated carbocycles. The number of hydrogen-bond donors (Lipinski definition) is 0. The zero-order valence-electron chi connectivity index (χ0n) is 13.3. The number of thiophene rings is 1. The molecule has 0 unspecified atom stereocenters. The Morgan fingerprint density at radius 3 is 2.76 bits per heavy atom. The van der Waals surface area contributed by atoms with Gasteiger partial charge in [0.05, 0.1) is 23.7 Å². The highest BCUT2D eigenvalue weighted by Gasteiger charge is 2.45. The summed E-state index contributed by atoms with van der Waals surface area (Å²) in [6.07, 6.45) is 0.583. The number of hydrogen-bond acceptors (Lipinski definition) is 4. The van der Waals surface area contributed by atoms with Gasteiger partial charge in [-0.15, -0.1) is 11.3 Å². The molecule has 1 saturated heterocycles. The minimum absolute atomic E-state index is 0.0682. The number of ether oxygens (including phenoxy) is 1. The van der Waals surface area contributed by atoms with E-state index in [4.69, 9.17) is 10.00 Å². The van der Waals surface area contributed by atoms with Crippen molar-refractivity contribution >= 4 is 27.5 Å². The Morgan fingerprint density at radius 1 is 1.16 bits per heavy atom. The van der Waals surface area contributed by atoms with Gasteiger partial charge in [0.2, 0.25) is 0 Å². The van der Waals surface area contributed by atoms with E-state index in [2.05, 4.69) is 30.3 Å². The highest BCUT2D eigenvalue weighted by molar-refractivity contribution is 7.19. The van der Waals surface area contributed by atoms with E-state index in [1.165, 1.54) is 20.5 Å². The topological polar surface area (TPSA) is 53.3 Å². The molecule has 1 amide bonds. The van der Waals surface area contributed by atoms with Gasteiger partial charge in [0.25, 0.3) is 0 Å². The van der Waals surface area contributed by atoms with Gasteiger partial charge < -0.3 is 4.74 Å². The number of nitriles is 1. The van der Waals surface area contributed by atoms with Crippen LogP contribution in [-0.4, -0.2) is 23.6 Å².